The van der Waals surface area contributed by atoms with Crippen LogP contribution in [0.3, 0.4) is 0 Å². The van der Waals surface area contributed by atoms with E-state index in [9.17, 15) is 0 Å². The summed E-state index contributed by atoms with van der Waals surface area (Å²) in [7, 11) is 0. The average Bonchev–Trinajstić information content (AvgIpc) is 2.38. The Balaban J connectivity index is 1.71. The molecule has 17 heavy (non-hydrogen) atoms. The predicted molar refractivity (Wildman–Crippen MR) is 73.5 cm³/mol. The molecule has 0 saturated carbocycles. The maximum absolute atomic E-state index is 5.61. The maximum Gasteiger partial charge on any atom is 0.119 e. The van der Waals surface area contributed by atoms with E-state index in [2.05, 4.69) is 12.1 Å². The van der Waals surface area contributed by atoms with E-state index in [1.807, 2.05) is 42.5 Å². The van der Waals surface area contributed by atoms with Crippen molar-refractivity contribution in [2.75, 3.05) is 18.1 Å². The molecule has 2 N–H and O–H groups in total. The van der Waals surface area contributed by atoms with Crippen LogP contribution in [0.25, 0.3) is 0 Å². The summed E-state index contributed by atoms with van der Waals surface area (Å²) >= 11 is 1.79. The van der Waals surface area contributed by atoms with E-state index < -0.39 is 0 Å². The molecule has 0 spiro atoms. The van der Waals surface area contributed by atoms with Crippen LogP contribution in [0.4, 0.5) is 5.69 Å². The normalized spacial score (nSPS) is 10.1. The molecule has 0 aliphatic heterocycles. The third kappa shape index (κ3) is 4.04. The van der Waals surface area contributed by atoms with Gasteiger partial charge in [0.2, 0.25) is 0 Å². The highest BCUT2D eigenvalue weighted by Gasteiger charge is 1.95. The third-order valence-corrected chi connectivity index (χ3v) is 3.22. The Kier molecular flexibility index (Phi) is 4.33. The van der Waals surface area contributed by atoms with Crippen LogP contribution in [-0.4, -0.2) is 12.4 Å². The lowest BCUT2D eigenvalue weighted by Crippen LogP contribution is -1.99. The number of hydrogen-bond donors (Lipinski definition) is 1. The fraction of sp³-hybridized carbons (Fsp3) is 0.143. The molecule has 0 amide bonds. The molecule has 3 heteroatoms. The minimum atomic E-state index is 0.698. The zero-order valence-corrected chi connectivity index (χ0v) is 10.3. The van der Waals surface area contributed by atoms with Gasteiger partial charge >= 0.3 is 0 Å². The van der Waals surface area contributed by atoms with E-state index >= 15 is 0 Å². The van der Waals surface area contributed by atoms with Gasteiger partial charge in [0, 0.05) is 16.3 Å². The fourth-order valence-electron chi connectivity index (χ4n) is 1.40. The highest BCUT2D eigenvalue weighted by Crippen LogP contribution is 2.18. The lowest BCUT2D eigenvalue weighted by molar-refractivity contribution is 0.344. The number of thioether (sulfide) groups is 1. The van der Waals surface area contributed by atoms with Crippen molar-refractivity contribution >= 4 is 17.4 Å². The monoisotopic (exact) mass is 245 g/mol. The fourth-order valence-corrected chi connectivity index (χ4v) is 2.15. The number of benzene rings is 2. The van der Waals surface area contributed by atoms with E-state index in [-0.39, 0.29) is 0 Å². The number of hydrogen-bond acceptors (Lipinski definition) is 3. The Hall–Kier alpha value is -1.61. The molecule has 2 rings (SSSR count). The van der Waals surface area contributed by atoms with E-state index in [4.69, 9.17) is 10.5 Å². The van der Waals surface area contributed by atoms with Crippen molar-refractivity contribution in [3.05, 3.63) is 54.6 Å². The second kappa shape index (κ2) is 6.21. The van der Waals surface area contributed by atoms with Crippen LogP contribution in [0.1, 0.15) is 0 Å². The third-order valence-electron chi connectivity index (χ3n) is 2.24. The molecule has 0 aromatic heterocycles. The van der Waals surface area contributed by atoms with Gasteiger partial charge in [-0.2, -0.15) is 0 Å². The SMILES string of the molecule is Nc1ccc(OCCSc2ccccc2)cc1. The van der Waals surface area contributed by atoms with Gasteiger partial charge in [-0.05, 0) is 36.4 Å². The summed E-state index contributed by atoms with van der Waals surface area (Å²) in [5, 5.41) is 0. The largest absolute Gasteiger partial charge is 0.493 e. The van der Waals surface area contributed by atoms with Gasteiger partial charge in [0.05, 0.1) is 6.61 Å². The standard InChI is InChI=1S/C14H15NOS/c15-12-6-8-13(9-7-12)16-10-11-17-14-4-2-1-3-5-14/h1-9H,10-11,15H2. The second-order valence-electron chi connectivity index (χ2n) is 3.58. The molecule has 0 aliphatic rings. The Morgan fingerprint density at radius 2 is 1.65 bits per heavy atom. The molecule has 88 valence electrons. The zero-order valence-electron chi connectivity index (χ0n) is 9.50. The van der Waals surface area contributed by atoms with E-state index in [0.29, 0.717) is 6.61 Å². The number of rotatable bonds is 5. The lowest BCUT2D eigenvalue weighted by atomic mass is 10.3. The molecule has 0 heterocycles. The molecular weight excluding hydrogens is 230 g/mol. The van der Waals surface area contributed by atoms with Crippen LogP contribution in [0.5, 0.6) is 5.75 Å². The number of ether oxygens (including phenoxy) is 1. The van der Waals surface area contributed by atoms with Crippen LogP contribution in [-0.2, 0) is 0 Å². The van der Waals surface area contributed by atoms with Crippen LogP contribution >= 0.6 is 11.8 Å². The molecular formula is C14H15NOS. The van der Waals surface area contributed by atoms with E-state index in [1.165, 1.54) is 4.90 Å². The van der Waals surface area contributed by atoms with Crippen molar-refractivity contribution in [2.24, 2.45) is 0 Å². The smallest absolute Gasteiger partial charge is 0.119 e. The minimum Gasteiger partial charge on any atom is -0.493 e. The molecule has 2 nitrogen and oxygen atoms in total. The number of nitrogens with two attached hydrogens (primary N) is 1. The van der Waals surface area contributed by atoms with Gasteiger partial charge < -0.3 is 10.5 Å². The Labute approximate surface area is 106 Å². The first-order chi connectivity index (χ1) is 8.34. The van der Waals surface area contributed by atoms with Gasteiger partial charge in [-0.15, -0.1) is 11.8 Å². The molecule has 0 atom stereocenters. The van der Waals surface area contributed by atoms with Crippen LogP contribution in [0, 0.1) is 0 Å². The van der Waals surface area contributed by atoms with Gasteiger partial charge in [0.1, 0.15) is 5.75 Å². The summed E-state index contributed by atoms with van der Waals surface area (Å²) in [6.45, 7) is 0.698. The Bertz CT molecular complexity index is 442. The van der Waals surface area contributed by atoms with E-state index in [0.717, 1.165) is 17.2 Å². The quantitative estimate of drug-likeness (QED) is 0.498. The van der Waals surface area contributed by atoms with Crippen molar-refractivity contribution in [1.29, 1.82) is 0 Å². The van der Waals surface area contributed by atoms with Crippen LogP contribution in [0.2, 0.25) is 0 Å². The summed E-state index contributed by atoms with van der Waals surface area (Å²) in [5.74, 6) is 1.81. The zero-order chi connectivity index (χ0) is 11.9. The molecule has 0 unspecified atom stereocenters. The summed E-state index contributed by atoms with van der Waals surface area (Å²) < 4.78 is 5.61. The highest BCUT2D eigenvalue weighted by atomic mass is 32.2. The van der Waals surface area contributed by atoms with Crippen molar-refractivity contribution in [2.45, 2.75) is 4.90 Å². The lowest BCUT2D eigenvalue weighted by Gasteiger charge is -2.06. The number of nitrogen functional groups attached to an aromatic ring is 1. The van der Waals surface area contributed by atoms with Crippen molar-refractivity contribution in [3.8, 4) is 5.75 Å². The maximum atomic E-state index is 5.61. The number of anilines is 1. The van der Waals surface area contributed by atoms with Gasteiger partial charge in [0.25, 0.3) is 0 Å². The van der Waals surface area contributed by atoms with Crippen LogP contribution < -0.4 is 10.5 Å². The average molecular weight is 245 g/mol. The Morgan fingerprint density at radius 1 is 0.941 bits per heavy atom. The van der Waals surface area contributed by atoms with Crippen molar-refractivity contribution < 1.29 is 4.74 Å². The molecule has 0 bridgehead atoms. The molecule has 0 saturated heterocycles. The van der Waals surface area contributed by atoms with Gasteiger partial charge in [0.15, 0.2) is 0 Å². The molecule has 0 aliphatic carbocycles. The summed E-state index contributed by atoms with van der Waals surface area (Å²) in [5.41, 5.74) is 6.36. The topological polar surface area (TPSA) is 35.2 Å². The highest BCUT2D eigenvalue weighted by molar-refractivity contribution is 7.99. The van der Waals surface area contributed by atoms with Crippen LogP contribution in [0.15, 0.2) is 59.5 Å². The van der Waals surface area contributed by atoms with Crippen molar-refractivity contribution in [3.63, 3.8) is 0 Å². The molecule has 2 aromatic rings. The summed E-state index contributed by atoms with van der Waals surface area (Å²) in [4.78, 5) is 1.27. The first kappa shape index (κ1) is 11.9. The first-order valence-corrected chi connectivity index (χ1v) is 6.49. The van der Waals surface area contributed by atoms with Gasteiger partial charge in [-0.25, -0.2) is 0 Å². The second-order valence-corrected chi connectivity index (χ2v) is 4.75. The van der Waals surface area contributed by atoms with Gasteiger partial charge in [-0.3, -0.25) is 0 Å². The summed E-state index contributed by atoms with van der Waals surface area (Å²) in [6.07, 6.45) is 0. The summed E-state index contributed by atoms with van der Waals surface area (Å²) in [6, 6.07) is 17.8. The van der Waals surface area contributed by atoms with Crippen molar-refractivity contribution in [1.82, 2.24) is 0 Å². The molecule has 0 radical (unpaired) electrons. The molecule has 0 fully saturated rings. The molecule has 2 aromatic carbocycles. The first-order valence-electron chi connectivity index (χ1n) is 5.51. The minimum absolute atomic E-state index is 0.698. The predicted octanol–water partition coefficient (Wildman–Crippen LogP) is 3.44. The van der Waals surface area contributed by atoms with E-state index in [1.54, 1.807) is 11.8 Å². The Morgan fingerprint density at radius 3 is 2.35 bits per heavy atom. The van der Waals surface area contributed by atoms with Gasteiger partial charge in [-0.1, -0.05) is 18.2 Å².